The lowest BCUT2D eigenvalue weighted by Crippen LogP contribution is -2.31. The minimum atomic E-state index is -0.0773. The van der Waals surface area contributed by atoms with E-state index in [2.05, 4.69) is 11.8 Å². The molecule has 3 heteroatoms. The van der Waals surface area contributed by atoms with E-state index < -0.39 is 0 Å². The molecule has 0 atom stereocenters. The Hall–Kier alpha value is -1.92. The molecule has 1 amide bonds. The molecule has 78 valence electrons. The summed E-state index contributed by atoms with van der Waals surface area (Å²) in [7, 11) is 0. The first-order chi connectivity index (χ1) is 7.26. The van der Waals surface area contributed by atoms with Gasteiger partial charge in [-0.2, -0.15) is 5.26 Å². The van der Waals surface area contributed by atoms with Crippen LogP contribution >= 0.6 is 0 Å². The molecule has 0 aliphatic rings. The summed E-state index contributed by atoms with van der Waals surface area (Å²) in [5, 5.41) is 8.48. The predicted molar refractivity (Wildman–Crippen MR) is 58.3 cm³/mol. The van der Waals surface area contributed by atoms with Crippen molar-refractivity contribution in [3.63, 3.8) is 0 Å². The van der Waals surface area contributed by atoms with Gasteiger partial charge in [-0.1, -0.05) is 5.92 Å². The van der Waals surface area contributed by atoms with Crippen molar-refractivity contribution in [2.45, 2.75) is 25.7 Å². The van der Waals surface area contributed by atoms with Crippen LogP contribution in [0.2, 0.25) is 0 Å². The molecular weight excluding hydrogens is 188 g/mol. The number of unbranched alkanes of at least 4 members (excludes halogenated alkanes) is 2. The molecular formula is C12H14N2O. The molecule has 0 radical (unpaired) electrons. The summed E-state index contributed by atoms with van der Waals surface area (Å²) in [6.45, 7) is 0.250. The van der Waals surface area contributed by atoms with Gasteiger partial charge in [0.25, 0.3) is 0 Å². The van der Waals surface area contributed by atoms with Gasteiger partial charge in [-0.3, -0.25) is 4.79 Å². The van der Waals surface area contributed by atoms with E-state index in [4.69, 9.17) is 18.1 Å². The number of terminal acetylenes is 2. The van der Waals surface area contributed by atoms with Crippen molar-refractivity contribution in [2.75, 3.05) is 13.1 Å². The zero-order valence-corrected chi connectivity index (χ0v) is 8.70. The summed E-state index contributed by atoms with van der Waals surface area (Å²) >= 11 is 0. The Morgan fingerprint density at radius 2 is 1.93 bits per heavy atom. The van der Waals surface area contributed by atoms with E-state index in [1.807, 2.05) is 6.07 Å². The summed E-state index contributed by atoms with van der Waals surface area (Å²) in [4.78, 5) is 12.9. The minimum Gasteiger partial charge on any atom is -0.318 e. The van der Waals surface area contributed by atoms with E-state index in [1.54, 1.807) is 0 Å². The van der Waals surface area contributed by atoms with Crippen molar-refractivity contribution in [1.29, 1.82) is 5.26 Å². The lowest BCUT2D eigenvalue weighted by Gasteiger charge is -2.15. The monoisotopic (exact) mass is 202 g/mol. The molecule has 0 aromatic heterocycles. The van der Waals surface area contributed by atoms with Crippen molar-refractivity contribution in [3.05, 3.63) is 0 Å². The van der Waals surface area contributed by atoms with Crippen LogP contribution in [0, 0.1) is 36.0 Å². The molecule has 0 heterocycles. The first-order valence-electron chi connectivity index (χ1n) is 4.78. The van der Waals surface area contributed by atoms with Crippen molar-refractivity contribution in [1.82, 2.24) is 4.90 Å². The molecule has 0 aromatic rings. The van der Waals surface area contributed by atoms with Crippen LogP contribution in [0.25, 0.3) is 0 Å². The molecule has 0 aliphatic heterocycles. The Balaban J connectivity index is 3.89. The van der Waals surface area contributed by atoms with Crippen LogP contribution in [-0.4, -0.2) is 23.9 Å². The van der Waals surface area contributed by atoms with Crippen LogP contribution in [0.1, 0.15) is 25.7 Å². The number of rotatable bonds is 6. The van der Waals surface area contributed by atoms with Crippen molar-refractivity contribution < 1.29 is 4.79 Å². The largest absolute Gasteiger partial charge is 0.318 e. The predicted octanol–water partition coefficient (Wildman–Crippen LogP) is 1.17. The van der Waals surface area contributed by atoms with Crippen LogP contribution in [-0.2, 0) is 4.79 Å². The van der Waals surface area contributed by atoms with Crippen molar-refractivity contribution in [2.24, 2.45) is 0 Å². The SMILES string of the molecule is C#CCCCCC(=O)N(CC#C)CC#N. The van der Waals surface area contributed by atoms with E-state index in [9.17, 15) is 4.79 Å². The number of nitrogens with zero attached hydrogens (tertiary/aromatic N) is 2. The van der Waals surface area contributed by atoms with Gasteiger partial charge >= 0.3 is 0 Å². The van der Waals surface area contributed by atoms with Crippen molar-refractivity contribution in [3.8, 4) is 30.8 Å². The first kappa shape index (κ1) is 13.1. The molecule has 0 fully saturated rings. The third-order valence-electron chi connectivity index (χ3n) is 1.86. The Morgan fingerprint density at radius 3 is 2.47 bits per heavy atom. The van der Waals surface area contributed by atoms with Crippen LogP contribution in [0.4, 0.5) is 0 Å². The molecule has 0 aliphatic carbocycles. The lowest BCUT2D eigenvalue weighted by molar-refractivity contribution is -0.130. The Kier molecular flexibility index (Phi) is 7.56. The first-order valence-corrected chi connectivity index (χ1v) is 4.78. The maximum Gasteiger partial charge on any atom is 0.224 e. The van der Waals surface area contributed by atoms with Gasteiger partial charge in [0.15, 0.2) is 0 Å². The number of hydrogen-bond acceptors (Lipinski definition) is 2. The number of hydrogen-bond donors (Lipinski definition) is 0. The zero-order valence-electron chi connectivity index (χ0n) is 8.70. The molecule has 0 saturated carbocycles. The highest BCUT2D eigenvalue weighted by Gasteiger charge is 2.10. The fourth-order valence-electron chi connectivity index (χ4n) is 1.09. The van der Waals surface area contributed by atoms with Crippen molar-refractivity contribution >= 4 is 5.91 Å². The third kappa shape index (κ3) is 6.19. The number of nitriles is 1. The summed E-state index contributed by atoms with van der Waals surface area (Å²) < 4.78 is 0. The second-order valence-corrected chi connectivity index (χ2v) is 3.02. The highest BCUT2D eigenvalue weighted by atomic mass is 16.2. The van der Waals surface area contributed by atoms with Gasteiger partial charge in [0.1, 0.15) is 6.54 Å². The molecule has 0 bridgehead atoms. The third-order valence-corrected chi connectivity index (χ3v) is 1.86. The number of carbonyl (C=O) groups excluding carboxylic acids is 1. The van der Waals surface area contributed by atoms with Crippen LogP contribution in [0.15, 0.2) is 0 Å². The van der Waals surface area contributed by atoms with Gasteiger partial charge in [0, 0.05) is 12.8 Å². The molecule has 0 rings (SSSR count). The quantitative estimate of drug-likeness (QED) is 0.368. The second kappa shape index (κ2) is 8.67. The summed E-state index contributed by atoms with van der Waals surface area (Å²) in [5.41, 5.74) is 0. The fourth-order valence-corrected chi connectivity index (χ4v) is 1.09. The summed E-state index contributed by atoms with van der Waals surface area (Å²) in [6, 6.07) is 1.91. The fraction of sp³-hybridized carbons (Fsp3) is 0.500. The molecule has 0 aromatic carbocycles. The Labute approximate surface area is 91.1 Å². The van der Waals surface area contributed by atoms with Gasteiger partial charge in [-0.15, -0.1) is 18.8 Å². The molecule has 0 unspecified atom stereocenters. The van der Waals surface area contributed by atoms with Gasteiger partial charge in [-0.05, 0) is 12.8 Å². The Morgan fingerprint density at radius 1 is 1.20 bits per heavy atom. The lowest BCUT2D eigenvalue weighted by atomic mass is 10.2. The maximum atomic E-state index is 11.5. The molecule has 0 saturated heterocycles. The van der Waals surface area contributed by atoms with Crippen LogP contribution in [0.3, 0.4) is 0 Å². The van der Waals surface area contributed by atoms with E-state index in [-0.39, 0.29) is 19.0 Å². The number of amides is 1. The molecule has 15 heavy (non-hydrogen) atoms. The molecule has 0 spiro atoms. The van der Waals surface area contributed by atoms with E-state index in [0.29, 0.717) is 12.8 Å². The maximum absolute atomic E-state index is 11.5. The standard InChI is InChI=1S/C12H14N2O/c1-3-5-6-7-8-12(15)14(10-4-2)11-9-13/h1-2H,5-8,10-11H2. The number of carbonyl (C=O) groups is 1. The summed E-state index contributed by atoms with van der Waals surface area (Å²) in [6.07, 6.45) is 12.8. The van der Waals surface area contributed by atoms with Gasteiger partial charge in [0.05, 0.1) is 12.6 Å². The van der Waals surface area contributed by atoms with E-state index >= 15 is 0 Å². The normalized spacial score (nSPS) is 8.33. The van der Waals surface area contributed by atoms with E-state index in [1.165, 1.54) is 4.90 Å². The highest BCUT2D eigenvalue weighted by Crippen LogP contribution is 2.02. The Bertz CT molecular complexity index is 298. The molecule has 0 N–H and O–H groups in total. The average molecular weight is 202 g/mol. The van der Waals surface area contributed by atoms with Gasteiger partial charge in [-0.25, -0.2) is 0 Å². The van der Waals surface area contributed by atoms with E-state index in [0.717, 1.165) is 12.8 Å². The van der Waals surface area contributed by atoms with Gasteiger partial charge < -0.3 is 4.90 Å². The van der Waals surface area contributed by atoms with Crippen LogP contribution < -0.4 is 0 Å². The second-order valence-electron chi connectivity index (χ2n) is 3.02. The topological polar surface area (TPSA) is 44.1 Å². The smallest absolute Gasteiger partial charge is 0.224 e. The summed E-state index contributed by atoms with van der Waals surface area (Å²) in [5.74, 6) is 4.79. The minimum absolute atomic E-state index is 0.0537. The van der Waals surface area contributed by atoms with Gasteiger partial charge in [0.2, 0.25) is 5.91 Å². The zero-order chi connectivity index (χ0) is 11.5. The average Bonchev–Trinajstić information content (AvgIpc) is 2.24. The highest BCUT2D eigenvalue weighted by molar-refractivity contribution is 5.76. The van der Waals surface area contributed by atoms with Crippen LogP contribution in [0.5, 0.6) is 0 Å². The molecule has 3 nitrogen and oxygen atoms in total.